The first-order valence-corrected chi connectivity index (χ1v) is 16.3. The molecule has 3 aliphatic rings. The molecule has 1 saturated heterocycles. The van der Waals surface area contributed by atoms with Crippen LogP contribution in [-0.4, -0.2) is 75.5 Å². The second kappa shape index (κ2) is 15.1. The highest BCUT2D eigenvalue weighted by Crippen LogP contribution is 2.27. The second-order valence-electron chi connectivity index (χ2n) is 12.3. The largest absolute Gasteiger partial charge is 0.486 e. The third-order valence-electron chi connectivity index (χ3n) is 8.40. The van der Waals surface area contributed by atoms with E-state index in [0.717, 1.165) is 34.9 Å². The number of carboxylic acids is 1. The van der Waals surface area contributed by atoms with Gasteiger partial charge in [-0.1, -0.05) is 36.4 Å². The van der Waals surface area contributed by atoms with Crippen molar-refractivity contribution in [3.63, 3.8) is 0 Å². The van der Waals surface area contributed by atoms with Gasteiger partial charge in [-0.25, -0.2) is 9.37 Å². The molecule has 262 valence electrons. The van der Waals surface area contributed by atoms with Gasteiger partial charge in [-0.2, -0.15) is 0 Å². The number of aromatic nitrogens is 2. The van der Waals surface area contributed by atoms with E-state index in [-0.39, 0.29) is 43.5 Å². The van der Waals surface area contributed by atoms with Crippen LogP contribution in [0.1, 0.15) is 34.2 Å². The number of carbonyl (C=O) groups is 4. The summed E-state index contributed by atoms with van der Waals surface area (Å²) in [6.45, 7) is 3.49. The summed E-state index contributed by atoms with van der Waals surface area (Å²) in [7, 11) is 0. The second-order valence-corrected chi connectivity index (χ2v) is 12.3. The number of benzene rings is 4. The predicted molar refractivity (Wildman–Crippen MR) is 186 cm³/mol. The minimum absolute atomic E-state index is 0.127. The number of carboxylic acid groups (broad SMARTS) is 1. The number of imidazole rings is 1. The number of hydrogen-bond donors (Lipinski definition) is 4. The molecule has 51 heavy (non-hydrogen) atoms. The highest BCUT2D eigenvalue weighted by Gasteiger charge is 2.38. The van der Waals surface area contributed by atoms with Gasteiger partial charge in [0.15, 0.2) is 6.61 Å². The number of aliphatic carboxylic acids is 1. The Hall–Kier alpha value is -6.24. The zero-order valence-electron chi connectivity index (χ0n) is 27.9. The number of likely N-dealkylation sites (tertiary alicyclic amines) is 1. The molecule has 5 aromatic rings. The van der Waals surface area contributed by atoms with Gasteiger partial charge in [0.25, 0.3) is 17.8 Å². The van der Waals surface area contributed by atoms with E-state index in [1.54, 1.807) is 41.3 Å². The number of amides is 3. The quantitative estimate of drug-likeness (QED) is 0.211. The van der Waals surface area contributed by atoms with Crippen LogP contribution >= 0.6 is 0 Å². The molecular formula is C38H36FN5O7. The first-order valence-electron chi connectivity index (χ1n) is 16.3. The van der Waals surface area contributed by atoms with Gasteiger partial charge in [-0.3, -0.25) is 19.2 Å². The Morgan fingerprint density at radius 2 is 1.73 bits per heavy atom. The number of hydrogen-bond acceptors (Lipinski definition) is 7. The Morgan fingerprint density at radius 1 is 0.961 bits per heavy atom. The van der Waals surface area contributed by atoms with Crippen LogP contribution in [0.3, 0.4) is 0 Å². The molecule has 0 radical (unpaired) electrons. The van der Waals surface area contributed by atoms with Gasteiger partial charge >= 0.3 is 0 Å². The van der Waals surface area contributed by atoms with Crippen molar-refractivity contribution >= 4 is 34.7 Å². The standard InChI is InChI=1S/C36H32FN5O5.C2H4O2/c1-21-39-30-12-7-23(13-31(30)40-21)14-35(44)42-18-32-33(19-42)47-26-9-5-22(6-10-26)17-38-34(43)20-46-27-4-2-3-24(15-27)25-8-11-29(37)28(16-25)36(45)41-32;1-2(3)4/h2-13,15-16,32-33H,14,17-20H2,1H3,(H,38,43)(H,39,40)(H,41,45);1H3,(H,3,4)/t32-,33-;/m0./s1. The number of rotatable bonds is 2. The molecule has 0 aliphatic carbocycles. The van der Waals surface area contributed by atoms with E-state index in [2.05, 4.69) is 20.6 Å². The first kappa shape index (κ1) is 34.6. The number of carbonyl (C=O) groups excluding carboxylic acids is 3. The van der Waals surface area contributed by atoms with Gasteiger partial charge in [-0.15, -0.1) is 0 Å². The third-order valence-corrected chi connectivity index (χ3v) is 8.40. The van der Waals surface area contributed by atoms with E-state index in [9.17, 15) is 14.4 Å². The summed E-state index contributed by atoms with van der Waals surface area (Å²) < 4.78 is 27.1. The summed E-state index contributed by atoms with van der Waals surface area (Å²) in [5, 5.41) is 13.2. The fourth-order valence-corrected chi connectivity index (χ4v) is 5.97. The molecule has 0 saturated carbocycles. The summed E-state index contributed by atoms with van der Waals surface area (Å²) in [4.78, 5) is 57.9. The normalized spacial score (nSPS) is 17.2. The Balaban J connectivity index is 0.00000107. The molecular weight excluding hydrogens is 657 g/mol. The smallest absolute Gasteiger partial charge is 0.300 e. The number of ether oxygens (including phenoxy) is 2. The van der Waals surface area contributed by atoms with Crippen LogP contribution < -0.4 is 20.1 Å². The maximum Gasteiger partial charge on any atom is 0.300 e. The van der Waals surface area contributed by atoms with Crippen molar-refractivity contribution in [2.75, 3.05) is 19.7 Å². The monoisotopic (exact) mass is 693 g/mol. The van der Waals surface area contributed by atoms with Gasteiger partial charge in [0.05, 0.1) is 35.6 Å². The van der Waals surface area contributed by atoms with Crippen LogP contribution in [0.25, 0.3) is 22.2 Å². The van der Waals surface area contributed by atoms with Crippen molar-refractivity contribution in [2.24, 2.45) is 0 Å². The number of H-pyrrole nitrogens is 1. The van der Waals surface area contributed by atoms with E-state index in [0.29, 0.717) is 29.2 Å². The van der Waals surface area contributed by atoms with Gasteiger partial charge in [0, 0.05) is 20.0 Å². The number of fused-ring (bicyclic) bond motifs is 8. The molecule has 3 amide bonds. The van der Waals surface area contributed by atoms with Crippen molar-refractivity contribution in [1.82, 2.24) is 25.5 Å². The molecule has 2 atom stereocenters. The maximum atomic E-state index is 15.1. The van der Waals surface area contributed by atoms with Gasteiger partial charge < -0.3 is 35.1 Å². The van der Waals surface area contributed by atoms with Crippen LogP contribution in [0.2, 0.25) is 0 Å². The molecule has 4 heterocycles. The Labute approximate surface area is 292 Å². The van der Waals surface area contributed by atoms with E-state index < -0.39 is 29.8 Å². The van der Waals surface area contributed by atoms with Gasteiger partial charge in [0.2, 0.25) is 5.91 Å². The van der Waals surface area contributed by atoms with E-state index in [1.807, 2.05) is 43.3 Å². The maximum absolute atomic E-state index is 15.1. The van der Waals surface area contributed by atoms with Crippen LogP contribution in [0.5, 0.6) is 11.5 Å². The summed E-state index contributed by atoms with van der Waals surface area (Å²) in [6, 6.07) is 23.6. The van der Waals surface area contributed by atoms with Crippen molar-refractivity contribution in [3.8, 4) is 22.6 Å². The number of nitrogens with one attached hydrogen (secondary N) is 3. The van der Waals surface area contributed by atoms with Crippen molar-refractivity contribution in [1.29, 1.82) is 0 Å². The summed E-state index contributed by atoms with van der Waals surface area (Å²) in [6.07, 6.45) is -0.446. The van der Waals surface area contributed by atoms with Crippen LogP contribution in [-0.2, 0) is 27.3 Å². The van der Waals surface area contributed by atoms with Crippen LogP contribution in [0.4, 0.5) is 4.39 Å². The lowest BCUT2D eigenvalue weighted by molar-refractivity contribution is -0.134. The molecule has 3 aliphatic heterocycles. The van der Waals surface area contributed by atoms with E-state index >= 15 is 4.39 Å². The lowest BCUT2D eigenvalue weighted by Crippen LogP contribution is -2.45. The topological polar surface area (TPSA) is 163 Å². The minimum atomic E-state index is -0.833. The molecule has 4 aromatic carbocycles. The fourth-order valence-electron chi connectivity index (χ4n) is 5.97. The number of aromatic amines is 1. The lowest BCUT2D eigenvalue weighted by Gasteiger charge is -2.21. The zero-order valence-corrected chi connectivity index (χ0v) is 27.9. The number of halogens is 1. The molecule has 1 aromatic heterocycles. The van der Waals surface area contributed by atoms with E-state index in [1.165, 1.54) is 12.1 Å². The summed E-state index contributed by atoms with van der Waals surface area (Å²) in [5.74, 6) is -0.762. The molecule has 0 spiro atoms. The third kappa shape index (κ3) is 8.68. The molecule has 0 unspecified atom stereocenters. The fraction of sp³-hybridized carbons (Fsp3) is 0.237. The average Bonchev–Trinajstić information content (AvgIpc) is 3.68. The average molecular weight is 694 g/mol. The Kier molecular flexibility index (Phi) is 10.3. The van der Waals surface area contributed by atoms with Crippen molar-refractivity contribution in [3.05, 3.63) is 113 Å². The minimum Gasteiger partial charge on any atom is -0.486 e. The highest BCUT2D eigenvalue weighted by molar-refractivity contribution is 5.96. The molecule has 4 N–H and O–H groups in total. The lowest BCUT2D eigenvalue weighted by atomic mass is 10.0. The number of nitrogens with zero attached hydrogens (tertiary/aromatic N) is 2. The summed E-state index contributed by atoms with van der Waals surface area (Å²) >= 11 is 0. The van der Waals surface area contributed by atoms with Crippen LogP contribution in [0, 0.1) is 12.7 Å². The Bertz CT molecular complexity index is 2090. The first-order chi connectivity index (χ1) is 24.5. The van der Waals surface area contributed by atoms with E-state index in [4.69, 9.17) is 19.4 Å². The predicted octanol–water partition coefficient (Wildman–Crippen LogP) is 4.41. The summed E-state index contributed by atoms with van der Waals surface area (Å²) in [5.41, 5.74) is 4.51. The van der Waals surface area contributed by atoms with Crippen LogP contribution in [0.15, 0.2) is 84.9 Å². The van der Waals surface area contributed by atoms with Gasteiger partial charge in [0.1, 0.15) is 29.2 Å². The SMILES string of the molecule is CC(=O)O.Cc1nc2ccc(CC(=O)N3C[C@@H]4NC(=O)c5cc(ccc5F)-c5cccc(c5)OCC(=O)NCc5ccc(cc5)O[C@H]4C3)cc2[nH]1. The van der Waals surface area contributed by atoms with Crippen molar-refractivity contribution < 1.29 is 38.1 Å². The molecule has 12 nitrogen and oxygen atoms in total. The molecule has 1 fully saturated rings. The highest BCUT2D eigenvalue weighted by atomic mass is 19.1. The zero-order chi connectivity index (χ0) is 36.1. The molecule has 13 heteroatoms. The van der Waals surface area contributed by atoms with Crippen molar-refractivity contribution in [2.45, 2.75) is 39.0 Å². The molecule has 8 rings (SSSR count). The molecule has 6 bridgehead atoms. The number of aryl methyl sites for hydroxylation is 1. The van der Waals surface area contributed by atoms with Gasteiger partial charge in [-0.05, 0) is 77.7 Å². The Morgan fingerprint density at radius 3 is 2.51 bits per heavy atom.